The number of aliphatic imine (C=N–C) groups is 1. The number of nitrogens with zero attached hydrogens (tertiary/aromatic N) is 3. The number of hydrogen-bond donors (Lipinski definition) is 1. The first-order chi connectivity index (χ1) is 15.9. The number of halogens is 1. The van der Waals surface area contributed by atoms with Crippen molar-refractivity contribution in [2.45, 2.75) is 26.3 Å². The Hall–Kier alpha value is -4.24. The molecule has 1 N–H and O–H groups in total. The van der Waals surface area contributed by atoms with E-state index in [9.17, 15) is 14.3 Å². The predicted octanol–water partition coefficient (Wildman–Crippen LogP) is 6.74. The van der Waals surface area contributed by atoms with Crippen molar-refractivity contribution in [3.8, 4) is 16.8 Å². The van der Waals surface area contributed by atoms with Gasteiger partial charge in [-0.2, -0.15) is 0 Å². The zero-order valence-corrected chi connectivity index (χ0v) is 18.1. The molecule has 0 unspecified atom stereocenters. The number of fused-ring (bicyclic) bond motifs is 2. The highest BCUT2D eigenvalue weighted by Gasteiger charge is 2.25. The second kappa shape index (κ2) is 7.72. The van der Waals surface area contributed by atoms with Crippen molar-refractivity contribution in [2.24, 2.45) is 4.99 Å². The molecule has 3 aromatic carbocycles. The minimum Gasteiger partial charge on any atom is -0.478 e. The van der Waals surface area contributed by atoms with Crippen molar-refractivity contribution in [3.63, 3.8) is 0 Å². The molecule has 0 spiro atoms. The minimum atomic E-state index is -1.07. The highest BCUT2D eigenvalue weighted by atomic mass is 19.1. The SMILES string of the molecule is [C-]#[N+]c1cc(C(=O)O)ccc1-c1c(C(C)C)n(-c2ccc(F)cc2)c2cc3c(cc12)CN=C3. The highest BCUT2D eigenvalue weighted by Crippen LogP contribution is 2.45. The lowest BCUT2D eigenvalue weighted by molar-refractivity contribution is 0.0697. The van der Waals surface area contributed by atoms with Gasteiger partial charge in [0.2, 0.25) is 0 Å². The van der Waals surface area contributed by atoms with Crippen LogP contribution in [0, 0.1) is 12.4 Å². The van der Waals surface area contributed by atoms with Crippen molar-refractivity contribution < 1.29 is 14.3 Å². The molecule has 0 aliphatic carbocycles. The van der Waals surface area contributed by atoms with Crippen LogP contribution in [0.3, 0.4) is 0 Å². The summed E-state index contributed by atoms with van der Waals surface area (Å²) in [5.41, 5.74) is 6.80. The van der Waals surface area contributed by atoms with E-state index in [1.807, 2.05) is 6.21 Å². The minimum absolute atomic E-state index is 0.0682. The first-order valence-electron chi connectivity index (χ1n) is 10.6. The van der Waals surface area contributed by atoms with Crippen molar-refractivity contribution in [2.75, 3.05) is 0 Å². The van der Waals surface area contributed by atoms with Gasteiger partial charge in [-0.25, -0.2) is 14.0 Å². The summed E-state index contributed by atoms with van der Waals surface area (Å²) >= 11 is 0. The largest absolute Gasteiger partial charge is 0.478 e. The highest BCUT2D eigenvalue weighted by molar-refractivity contribution is 6.06. The molecule has 5 nitrogen and oxygen atoms in total. The molecule has 0 radical (unpaired) electrons. The summed E-state index contributed by atoms with van der Waals surface area (Å²) in [5.74, 6) is -1.31. The molecule has 0 bridgehead atoms. The second-order valence-corrected chi connectivity index (χ2v) is 8.41. The van der Waals surface area contributed by atoms with Crippen LogP contribution in [-0.2, 0) is 6.54 Å². The summed E-state index contributed by atoms with van der Waals surface area (Å²) in [6.45, 7) is 12.5. The van der Waals surface area contributed by atoms with Gasteiger partial charge in [0.05, 0.1) is 18.6 Å². The van der Waals surface area contributed by atoms with E-state index < -0.39 is 5.97 Å². The molecule has 0 atom stereocenters. The number of carboxylic acid groups (broad SMARTS) is 1. The Morgan fingerprint density at radius 3 is 2.58 bits per heavy atom. The van der Waals surface area contributed by atoms with Crippen LogP contribution in [0.5, 0.6) is 0 Å². The van der Waals surface area contributed by atoms with E-state index >= 15 is 0 Å². The first kappa shape index (κ1) is 20.7. The third kappa shape index (κ3) is 3.30. The fourth-order valence-corrected chi connectivity index (χ4v) is 4.58. The molecule has 162 valence electrons. The van der Waals surface area contributed by atoms with Gasteiger partial charge < -0.3 is 9.67 Å². The summed E-state index contributed by atoms with van der Waals surface area (Å²) in [6.07, 6.45) is 1.86. The van der Waals surface area contributed by atoms with Gasteiger partial charge in [-0.1, -0.05) is 19.9 Å². The number of benzene rings is 3. The molecule has 1 aliphatic heterocycles. The molecule has 6 heteroatoms. The third-order valence-corrected chi connectivity index (χ3v) is 6.02. The fraction of sp³-hybridized carbons (Fsp3) is 0.148. The molecule has 1 aromatic heterocycles. The predicted molar refractivity (Wildman–Crippen MR) is 127 cm³/mol. The number of rotatable bonds is 4. The lowest BCUT2D eigenvalue weighted by Crippen LogP contribution is -2.03. The quantitative estimate of drug-likeness (QED) is 0.359. The molecule has 0 amide bonds. The van der Waals surface area contributed by atoms with Crippen LogP contribution in [0.4, 0.5) is 10.1 Å². The Labute approximate surface area is 190 Å². The number of aromatic carboxylic acids is 1. The van der Waals surface area contributed by atoms with Crippen LogP contribution in [0.2, 0.25) is 0 Å². The molecular formula is C27H20FN3O2. The maximum Gasteiger partial charge on any atom is 0.334 e. The Bertz CT molecular complexity index is 1510. The lowest BCUT2D eigenvalue weighted by atomic mass is 9.93. The van der Waals surface area contributed by atoms with Gasteiger partial charge >= 0.3 is 5.97 Å². The van der Waals surface area contributed by atoms with Gasteiger partial charge in [-0.05, 0) is 71.1 Å². The van der Waals surface area contributed by atoms with Crippen molar-refractivity contribution in [3.05, 3.63) is 94.2 Å². The van der Waals surface area contributed by atoms with Crippen molar-refractivity contribution in [1.29, 1.82) is 0 Å². The van der Waals surface area contributed by atoms with Crippen molar-refractivity contribution in [1.82, 2.24) is 4.57 Å². The molecule has 5 rings (SSSR count). The summed E-state index contributed by atoms with van der Waals surface area (Å²) in [7, 11) is 0. The van der Waals surface area contributed by atoms with E-state index in [-0.39, 0.29) is 23.0 Å². The van der Waals surface area contributed by atoms with Gasteiger partial charge in [-0.15, -0.1) is 0 Å². The van der Waals surface area contributed by atoms with E-state index in [2.05, 4.69) is 40.4 Å². The molecule has 0 saturated carbocycles. The van der Waals surface area contributed by atoms with Crippen LogP contribution in [-0.4, -0.2) is 21.9 Å². The Morgan fingerprint density at radius 1 is 1.15 bits per heavy atom. The van der Waals surface area contributed by atoms with Crippen molar-refractivity contribution >= 4 is 28.8 Å². The average molecular weight is 437 g/mol. The van der Waals surface area contributed by atoms with Crippen LogP contribution < -0.4 is 0 Å². The molecule has 1 aliphatic rings. The fourth-order valence-electron chi connectivity index (χ4n) is 4.58. The van der Waals surface area contributed by atoms with Crippen LogP contribution in [0.15, 0.2) is 59.6 Å². The zero-order valence-electron chi connectivity index (χ0n) is 18.1. The average Bonchev–Trinajstić information content (AvgIpc) is 3.39. The van der Waals surface area contributed by atoms with Gasteiger partial charge in [0.15, 0.2) is 5.69 Å². The smallest absolute Gasteiger partial charge is 0.334 e. The van der Waals surface area contributed by atoms with E-state index in [1.165, 1.54) is 24.3 Å². The van der Waals surface area contributed by atoms with E-state index in [0.717, 1.165) is 39.0 Å². The molecular weight excluding hydrogens is 417 g/mol. The summed E-state index contributed by atoms with van der Waals surface area (Å²) < 4.78 is 15.8. The van der Waals surface area contributed by atoms with Crippen LogP contribution in [0.1, 0.15) is 46.9 Å². The normalized spacial score (nSPS) is 12.3. The molecule has 0 saturated heterocycles. The molecule has 2 heterocycles. The summed E-state index contributed by atoms with van der Waals surface area (Å²) in [4.78, 5) is 19.6. The Balaban J connectivity index is 1.92. The Kier molecular flexibility index (Phi) is 4.83. The summed E-state index contributed by atoms with van der Waals surface area (Å²) in [6, 6.07) is 15.2. The monoisotopic (exact) mass is 437 g/mol. The standard InChI is InChI=1S/C27H20FN3O2/c1-15(2)26-25(21-9-4-16(27(32)33)11-23(21)29-3)22-10-17-13-30-14-18(17)12-24(22)31(26)20-7-5-19(28)6-8-20/h4-12,14-15H,13H2,1-2H3,(H,32,33). The molecule has 4 aromatic rings. The van der Waals surface area contributed by atoms with Crippen LogP contribution in [0.25, 0.3) is 32.6 Å². The van der Waals surface area contributed by atoms with E-state index in [1.54, 1.807) is 18.2 Å². The maximum absolute atomic E-state index is 13.7. The van der Waals surface area contributed by atoms with Crippen LogP contribution >= 0.6 is 0 Å². The van der Waals surface area contributed by atoms with Gasteiger partial charge in [-0.3, -0.25) is 4.99 Å². The maximum atomic E-state index is 13.7. The lowest BCUT2D eigenvalue weighted by Gasteiger charge is -2.16. The van der Waals surface area contributed by atoms with E-state index in [4.69, 9.17) is 6.57 Å². The second-order valence-electron chi connectivity index (χ2n) is 8.41. The number of carbonyl (C=O) groups is 1. The number of carboxylic acids is 1. The molecule has 33 heavy (non-hydrogen) atoms. The first-order valence-corrected chi connectivity index (χ1v) is 10.6. The Morgan fingerprint density at radius 2 is 1.91 bits per heavy atom. The van der Waals surface area contributed by atoms with E-state index in [0.29, 0.717) is 12.1 Å². The summed E-state index contributed by atoms with van der Waals surface area (Å²) in [5, 5.41) is 10.4. The van der Waals surface area contributed by atoms with Gasteiger partial charge in [0, 0.05) is 34.1 Å². The number of hydrogen-bond acceptors (Lipinski definition) is 2. The van der Waals surface area contributed by atoms with Gasteiger partial charge in [0.1, 0.15) is 5.82 Å². The topological polar surface area (TPSA) is 58.9 Å². The molecule has 0 fully saturated rings. The third-order valence-electron chi connectivity index (χ3n) is 6.02. The number of aromatic nitrogens is 1. The zero-order chi connectivity index (χ0) is 23.3. The van der Waals surface area contributed by atoms with Gasteiger partial charge in [0.25, 0.3) is 0 Å².